The molecule has 3 aliphatic rings. The van der Waals surface area contributed by atoms with Crippen molar-refractivity contribution < 1.29 is 18.7 Å². The molecule has 0 aliphatic carbocycles. The number of hydrogen-bond donors (Lipinski definition) is 0. The van der Waals surface area contributed by atoms with E-state index in [1.165, 1.54) is 4.90 Å². The first kappa shape index (κ1) is 27.5. The quantitative estimate of drug-likeness (QED) is 0.371. The normalized spacial score (nSPS) is 20.9. The second-order valence-electron chi connectivity index (χ2n) is 10.9. The fraction of sp³-hybridized carbons (Fsp3) is 0.387. The maximum Gasteiger partial charge on any atom is 0.321 e. The van der Waals surface area contributed by atoms with Gasteiger partial charge in [-0.25, -0.2) is 4.39 Å². The number of allylic oxidation sites excluding steroid dienone is 1. The highest BCUT2D eigenvalue weighted by molar-refractivity contribution is 6.36. The summed E-state index contributed by atoms with van der Waals surface area (Å²) in [6, 6.07) is 12.3. The van der Waals surface area contributed by atoms with Crippen LogP contribution in [0.5, 0.6) is 11.9 Å². The van der Waals surface area contributed by atoms with Crippen LogP contribution in [-0.4, -0.2) is 77.6 Å². The van der Waals surface area contributed by atoms with Gasteiger partial charge in [-0.2, -0.15) is 9.97 Å². The maximum atomic E-state index is 13.6. The lowest BCUT2D eigenvalue weighted by molar-refractivity contribution is -0.129. The van der Waals surface area contributed by atoms with Gasteiger partial charge in [0.15, 0.2) is 5.83 Å². The number of carbonyl (C=O) groups is 1. The molecule has 1 unspecified atom stereocenters. The van der Waals surface area contributed by atoms with Crippen molar-refractivity contribution in [1.29, 1.82) is 0 Å². The zero-order valence-electron chi connectivity index (χ0n) is 23.3. The lowest BCUT2D eigenvalue weighted by atomic mass is 10.0. The number of carbonyl (C=O) groups excluding carboxylic acids is 1. The third-order valence-corrected chi connectivity index (χ3v) is 8.55. The number of hydrogen-bond acceptors (Lipinski definition) is 7. The molecule has 0 spiro atoms. The van der Waals surface area contributed by atoms with E-state index in [2.05, 4.69) is 23.4 Å². The molecule has 1 aromatic heterocycles. The molecule has 3 aromatic rings. The number of rotatable bonds is 6. The monoisotopic (exact) mass is 577 g/mol. The Hall–Kier alpha value is -3.69. The summed E-state index contributed by atoms with van der Waals surface area (Å²) in [6.45, 7) is 7.86. The molecular weight excluding hydrogens is 545 g/mol. The van der Waals surface area contributed by atoms with Crippen molar-refractivity contribution in [2.75, 3.05) is 44.7 Å². The minimum Gasteiger partial charge on any atom is -0.462 e. The molecule has 10 heteroatoms. The predicted octanol–water partition coefficient (Wildman–Crippen LogP) is 5.25. The first-order valence-electron chi connectivity index (χ1n) is 14.0. The van der Waals surface area contributed by atoms with Gasteiger partial charge in [-0.15, -0.1) is 0 Å². The molecule has 41 heavy (non-hydrogen) atoms. The topological polar surface area (TPSA) is 71.0 Å². The number of likely N-dealkylation sites (N-methyl/N-ethyl adjacent to an activating group) is 1. The number of likely N-dealkylation sites (tertiary alicyclic amines) is 1. The molecule has 0 bridgehead atoms. The van der Waals surface area contributed by atoms with E-state index >= 15 is 0 Å². The molecule has 8 nitrogen and oxygen atoms in total. The molecular formula is C31H33ClFN5O3. The van der Waals surface area contributed by atoms with E-state index in [9.17, 15) is 9.18 Å². The zero-order valence-corrected chi connectivity index (χ0v) is 24.0. The smallest absolute Gasteiger partial charge is 0.321 e. The summed E-state index contributed by atoms with van der Waals surface area (Å²) in [6.07, 6.45) is 4.77. The van der Waals surface area contributed by atoms with E-state index in [-0.39, 0.29) is 12.1 Å². The zero-order chi connectivity index (χ0) is 28.7. The molecule has 0 radical (unpaired) electrons. The number of halogens is 2. The maximum absolute atomic E-state index is 13.6. The van der Waals surface area contributed by atoms with E-state index < -0.39 is 11.7 Å². The number of anilines is 1. The van der Waals surface area contributed by atoms with Crippen LogP contribution in [-0.2, 0) is 11.2 Å². The Kier molecular flexibility index (Phi) is 7.57. The average Bonchev–Trinajstić information content (AvgIpc) is 3.39. The van der Waals surface area contributed by atoms with E-state index in [1.807, 2.05) is 49.4 Å². The standard InChI is InChI=1S/C31H33ClFN5O3/c1-19-17-37(30(39)20(2)33)15-16-38(19)28-24-12-13-26(23-10-4-7-21-8-5-11-25(32)27(21)23)41-29(24)35-31(34-28)40-18-22-9-6-14-36(22)3/h4-5,7-8,10-11,13,19,22H,2,6,9,12,14-18H2,1,3H3/t19-,22?/m0/s1. The van der Waals surface area contributed by atoms with Crippen LogP contribution in [0.25, 0.3) is 16.5 Å². The van der Waals surface area contributed by atoms with Gasteiger partial charge in [0.1, 0.15) is 18.2 Å². The minimum atomic E-state index is -0.947. The molecule has 0 saturated carbocycles. The first-order valence-corrected chi connectivity index (χ1v) is 14.4. The lowest BCUT2D eigenvalue weighted by Gasteiger charge is -2.41. The Balaban J connectivity index is 1.34. The van der Waals surface area contributed by atoms with Crippen LogP contribution in [0.3, 0.4) is 0 Å². The highest BCUT2D eigenvalue weighted by Crippen LogP contribution is 2.39. The number of piperazine rings is 1. The van der Waals surface area contributed by atoms with Crippen molar-refractivity contribution >= 4 is 39.9 Å². The van der Waals surface area contributed by atoms with Crippen LogP contribution < -0.4 is 14.4 Å². The van der Waals surface area contributed by atoms with E-state index in [0.717, 1.165) is 41.3 Å². The van der Waals surface area contributed by atoms with Gasteiger partial charge >= 0.3 is 6.01 Å². The lowest BCUT2D eigenvalue weighted by Crippen LogP contribution is -2.54. The molecule has 214 valence electrons. The van der Waals surface area contributed by atoms with E-state index in [4.69, 9.17) is 31.0 Å². The van der Waals surface area contributed by atoms with Gasteiger partial charge in [0.2, 0.25) is 5.88 Å². The predicted molar refractivity (Wildman–Crippen MR) is 158 cm³/mol. The van der Waals surface area contributed by atoms with Crippen molar-refractivity contribution in [3.05, 3.63) is 71.0 Å². The number of benzene rings is 2. The second-order valence-corrected chi connectivity index (χ2v) is 11.3. The first-order chi connectivity index (χ1) is 19.8. The third-order valence-electron chi connectivity index (χ3n) is 8.24. The number of nitrogens with zero attached hydrogens (tertiary/aromatic N) is 5. The van der Waals surface area contributed by atoms with Gasteiger partial charge in [0, 0.05) is 54.1 Å². The fourth-order valence-corrected chi connectivity index (χ4v) is 6.28. The summed E-state index contributed by atoms with van der Waals surface area (Å²) >= 11 is 6.62. The van der Waals surface area contributed by atoms with Crippen LogP contribution in [0.4, 0.5) is 10.2 Å². The highest BCUT2D eigenvalue weighted by atomic mass is 35.5. The number of fused-ring (bicyclic) bond motifs is 2. The molecule has 2 saturated heterocycles. The number of ether oxygens (including phenoxy) is 2. The van der Waals surface area contributed by atoms with Crippen LogP contribution >= 0.6 is 11.6 Å². The Morgan fingerprint density at radius 1 is 1.20 bits per heavy atom. The molecule has 1 amide bonds. The van der Waals surface area contributed by atoms with Gasteiger partial charge in [0.25, 0.3) is 5.91 Å². The molecule has 6 rings (SSSR count). The molecule has 2 atom stereocenters. The number of aromatic nitrogens is 2. The van der Waals surface area contributed by atoms with Crippen molar-refractivity contribution in [3.8, 4) is 11.9 Å². The Morgan fingerprint density at radius 3 is 2.73 bits per heavy atom. The van der Waals surface area contributed by atoms with Crippen molar-refractivity contribution in [2.24, 2.45) is 0 Å². The average molecular weight is 578 g/mol. The van der Waals surface area contributed by atoms with Crippen LogP contribution in [0.1, 0.15) is 30.9 Å². The van der Waals surface area contributed by atoms with Gasteiger partial charge in [0.05, 0.1) is 5.56 Å². The summed E-state index contributed by atoms with van der Waals surface area (Å²) in [5.74, 6) is 0.198. The molecule has 0 N–H and O–H groups in total. The molecule has 4 heterocycles. The van der Waals surface area contributed by atoms with Crippen molar-refractivity contribution in [3.63, 3.8) is 0 Å². The summed E-state index contributed by atoms with van der Waals surface area (Å²) in [5.41, 5.74) is 1.73. The summed E-state index contributed by atoms with van der Waals surface area (Å²) in [5, 5.41) is 2.60. The van der Waals surface area contributed by atoms with Crippen LogP contribution in [0.2, 0.25) is 5.02 Å². The van der Waals surface area contributed by atoms with Gasteiger partial charge in [-0.3, -0.25) is 4.79 Å². The Morgan fingerprint density at radius 2 is 2.00 bits per heavy atom. The largest absolute Gasteiger partial charge is 0.462 e. The molecule has 2 aromatic carbocycles. The fourth-order valence-electron chi connectivity index (χ4n) is 5.99. The third kappa shape index (κ3) is 5.36. The van der Waals surface area contributed by atoms with Crippen molar-refractivity contribution in [2.45, 2.75) is 38.3 Å². The van der Waals surface area contributed by atoms with E-state index in [0.29, 0.717) is 61.2 Å². The summed E-state index contributed by atoms with van der Waals surface area (Å²) < 4.78 is 26.2. The van der Waals surface area contributed by atoms with Gasteiger partial charge < -0.3 is 24.2 Å². The van der Waals surface area contributed by atoms with Gasteiger partial charge in [-0.1, -0.05) is 48.5 Å². The molecule has 3 aliphatic heterocycles. The molecule has 2 fully saturated rings. The summed E-state index contributed by atoms with van der Waals surface area (Å²) in [7, 11) is 2.10. The second kappa shape index (κ2) is 11.3. The highest BCUT2D eigenvalue weighted by Gasteiger charge is 2.33. The Bertz CT molecular complexity index is 1540. The van der Waals surface area contributed by atoms with E-state index in [1.54, 1.807) is 0 Å². The minimum absolute atomic E-state index is 0.123. The number of amides is 1. The summed E-state index contributed by atoms with van der Waals surface area (Å²) in [4.78, 5) is 27.7. The van der Waals surface area contributed by atoms with Crippen LogP contribution in [0.15, 0.2) is 54.9 Å². The van der Waals surface area contributed by atoms with Crippen LogP contribution in [0, 0.1) is 0 Å². The van der Waals surface area contributed by atoms with Gasteiger partial charge in [-0.05, 0) is 50.9 Å². The Labute approximate surface area is 244 Å². The van der Waals surface area contributed by atoms with Crippen molar-refractivity contribution in [1.82, 2.24) is 19.8 Å². The SMILES string of the molecule is C=C(F)C(=O)N1CCN(c2nc(OCC3CCCN3C)nc3c2CC=C(c2cccc4cccc(Cl)c24)O3)[C@@H](C)C1.